The molecule has 1 saturated carbocycles. The molecule has 0 amide bonds. The van der Waals surface area contributed by atoms with Crippen molar-refractivity contribution < 1.29 is 9.47 Å². The highest BCUT2D eigenvalue weighted by molar-refractivity contribution is 5.64. The summed E-state index contributed by atoms with van der Waals surface area (Å²) in [4.78, 5) is 0. The largest absolute Gasteiger partial charge is 0.384 e. The summed E-state index contributed by atoms with van der Waals surface area (Å²) >= 11 is 0. The van der Waals surface area contributed by atoms with Crippen LogP contribution in [0.15, 0.2) is 48.5 Å². The molecule has 0 unspecified atom stereocenters. The zero-order chi connectivity index (χ0) is 16.8. The third kappa shape index (κ3) is 4.25. The van der Waals surface area contributed by atoms with E-state index < -0.39 is 0 Å². The highest BCUT2D eigenvalue weighted by atomic mass is 16.5. The minimum Gasteiger partial charge on any atom is -0.384 e. The fourth-order valence-corrected chi connectivity index (χ4v) is 3.66. The van der Waals surface area contributed by atoms with E-state index in [9.17, 15) is 0 Å². The molecule has 128 valence electrons. The van der Waals surface area contributed by atoms with Gasteiger partial charge in [-0.2, -0.15) is 0 Å². The molecular formula is C22H28O2. The first-order chi connectivity index (χ1) is 11.8. The number of rotatable bonds is 6. The van der Waals surface area contributed by atoms with Crippen LogP contribution in [0, 0.1) is 0 Å². The van der Waals surface area contributed by atoms with Gasteiger partial charge in [0.05, 0.1) is 12.7 Å². The molecule has 1 fully saturated rings. The van der Waals surface area contributed by atoms with Gasteiger partial charge in [-0.25, -0.2) is 0 Å². The highest BCUT2D eigenvalue weighted by Crippen LogP contribution is 2.34. The van der Waals surface area contributed by atoms with E-state index in [0.29, 0.717) is 12.0 Å². The Labute approximate surface area is 145 Å². The van der Waals surface area contributed by atoms with Crippen LogP contribution in [0.3, 0.4) is 0 Å². The zero-order valence-corrected chi connectivity index (χ0v) is 14.8. The molecule has 0 spiro atoms. The van der Waals surface area contributed by atoms with E-state index in [1.165, 1.54) is 47.9 Å². The molecule has 2 aromatic rings. The maximum atomic E-state index is 5.48. The summed E-state index contributed by atoms with van der Waals surface area (Å²) in [7, 11) is 3.58. The van der Waals surface area contributed by atoms with Gasteiger partial charge >= 0.3 is 0 Å². The van der Waals surface area contributed by atoms with E-state index in [1.54, 1.807) is 7.11 Å². The van der Waals surface area contributed by atoms with Gasteiger partial charge in [-0.1, -0.05) is 48.5 Å². The average Bonchev–Trinajstić information content (AvgIpc) is 2.67. The Bertz CT molecular complexity index is 607. The predicted molar refractivity (Wildman–Crippen MR) is 99.5 cm³/mol. The summed E-state index contributed by atoms with van der Waals surface area (Å²) in [6, 6.07) is 18.0. The van der Waals surface area contributed by atoms with Crippen molar-refractivity contribution in [3.63, 3.8) is 0 Å². The van der Waals surface area contributed by atoms with Crippen molar-refractivity contribution in [3.05, 3.63) is 59.7 Å². The van der Waals surface area contributed by atoms with Crippen molar-refractivity contribution in [2.24, 2.45) is 0 Å². The first-order valence-corrected chi connectivity index (χ1v) is 9.01. The Morgan fingerprint density at radius 2 is 1.38 bits per heavy atom. The molecule has 2 aromatic carbocycles. The van der Waals surface area contributed by atoms with Gasteiger partial charge in [0.2, 0.25) is 0 Å². The fourth-order valence-electron chi connectivity index (χ4n) is 3.66. The fraction of sp³-hybridized carbons (Fsp3) is 0.455. The summed E-state index contributed by atoms with van der Waals surface area (Å²) in [5, 5.41) is 0. The second-order valence-corrected chi connectivity index (χ2v) is 6.77. The number of benzene rings is 2. The van der Waals surface area contributed by atoms with Gasteiger partial charge < -0.3 is 9.47 Å². The first kappa shape index (κ1) is 17.2. The number of methoxy groups -OCH3 is 2. The van der Waals surface area contributed by atoms with Crippen molar-refractivity contribution >= 4 is 0 Å². The SMILES string of the molecule is COCCc1ccc(-c2ccc(C3CCC(OC)CC3)cc2)cc1. The van der Waals surface area contributed by atoms with E-state index in [2.05, 4.69) is 48.5 Å². The monoisotopic (exact) mass is 324 g/mol. The van der Waals surface area contributed by atoms with Gasteiger partial charge in [0.15, 0.2) is 0 Å². The number of ether oxygens (including phenoxy) is 2. The molecular weight excluding hydrogens is 296 g/mol. The van der Waals surface area contributed by atoms with Crippen LogP contribution in [-0.2, 0) is 15.9 Å². The van der Waals surface area contributed by atoms with E-state index in [-0.39, 0.29) is 0 Å². The molecule has 3 rings (SSSR count). The van der Waals surface area contributed by atoms with Crippen molar-refractivity contribution in [3.8, 4) is 11.1 Å². The first-order valence-electron chi connectivity index (χ1n) is 9.01. The van der Waals surface area contributed by atoms with Crippen LogP contribution in [0.25, 0.3) is 11.1 Å². The summed E-state index contributed by atoms with van der Waals surface area (Å²) in [6.07, 6.45) is 6.30. The second-order valence-electron chi connectivity index (χ2n) is 6.77. The maximum Gasteiger partial charge on any atom is 0.0571 e. The third-order valence-corrected chi connectivity index (χ3v) is 5.27. The molecule has 0 radical (unpaired) electrons. The average molecular weight is 324 g/mol. The Hall–Kier alpha value is -1.64. The molecule has 0 heterocycles. The molecule has 24 heavy (non-hydrogen) atoms. The highest BCUT2D eigenvalue weighted by Gasteiger charge is 2.21. The summed E-state index contributed by atoms with van der Waals surface area (Å²) in [5.74, 6) is 0.696. The van der Waals surface area contributed by atoms with Crippen LogP contribution in [0.1, 0.15) is 42.7 Å². The lowest BCUT2D eigenvalue weighted by Gasteiger charge is -2.27. The van der Waals surface area contributed by atoms with E-state index in [0.717, 1.165) is 13.0 Å². The van der Waals surface area contributed by atoms with Gasteiger partial charge in [-0.05, 0) is 60.3 Å². The predicted octanol–water partition coefficient (Wildman–Crippen LogP) is 5.22. The molecule has 0 aromatic heterocycles. The maximum absolute atomic E-state index is 5.48. The topological polar surface area (TPSA) is 18.5 Å². The van der Waals surface area contributed by atoms with Crippen molar-refractivity contribution in [2.45, 2.75) is 44.1 Å². The molecule has 2 nitrogen and oxygen atoms in total. The Kier molecular flexibility index (Phi) is 6.06. The third-order valence-electron chi connectivity index (χ3n) is 5.27. The molecule has 1 aliphatic carbocycles. The molecule has 0 N–H and O–H groups in total. The van der Waals surface area contributed by atoms with Crippen molar-refractivity contribution in [2.75, 3.05) is 20.8 Å². The standard InChI is InChI=1S/C22H28O2/c1-23-16-15-17-3-5-18(6-4-17)19-7-9-20(10-8-19)21-11-13-22(24-2)14-12-21/h3-10,21-22H,11-16H2,1-2H3. The Morgan fingerprint density at radius 1 is 0.792 bits per heavy atom. The van der Waals surface area contributed by atoms with Crippen LogP contribution >= 0.6 is 0 Å². The summed E-state index contributed by atoms with van der Waals surface area (Å²) < 4.78 is 10.6. The quantitative estimate of drug-likeness (QED) is 0.725. The normalized spacial score (nSPS) is 20.9. The minimum absolute atomic E-state index is 0.470. The summed E-state index contributed by atoms with van der Waals surface area (Å²) in [6.45, 7) is 0.777. The van der Waals surface area contributed by atoms with Crippen LogP contribution in [-0.4, -0.2) is 26.9 Å². The van der Waals surface area contributed by atoms with Gasteiger partial charge in [0, 0.05) is 14.2 Å². The van der Waals surface area contributed by atoms with Gasteiger partial charge in [-0.15, -0.1) is 0 Å². The van der Waals surface area contributed by atoms with Crippen molar-refractivity contribution in [1.82, 2.24) is 0 Å². The minimum atomic E-state index is 0.470. The molecule has 1 aliphatic rings. The van der Waals surface area contributed by atoms with Crippen LogP contribution < -0.4 is 0 Å². The van der Waals surface area contributed by atoms with E-state index in [1.807, 2.05) is 7.11 Å². The second kappa shape index (κ2) is 8.46. The van der Waals surface area contributed by atoms with Gasteiger partial charge in [-0.3, -0.25) is 0 Å². The molecule has 0 bridgehead atoms. The number of hydrogen-bond acceptors (Lipinski definition) is 2. The Morgan fingerprint density at radius 3 is 1.92 bits per heavy atom. The molecule has 0 saturated heterocycles. The lowest BCUT2D eigenvalue weighted by atomic mass is 9.82. The number of hydrogen-bond donors (Lipinski definition) is 0. The van der Waals surface area contributed by atoms with Gasteiger partial charge in [0.1, 0.15) is 0 Å². The molecule has 2 heteroatoms. The lowest BCUT2D eigenvalue weighted by Crippen LogP contribution is -2.19. The smallest absolute Gasteiger partial charge is 0.0571 e. The van der Waals surface area contributed by atoms with E-state index in [4.69, 9.17) is 9.47 Å². The van der Waals surface area contributed by atoms with Gasteiger partial charge in [0.25, 0.3) is 0 Å². The lowest BCUT2D eigenvalue weighted by molar-refractivity contribution is 0.0659. The molecule has 0 aliphatic heterocycles. The molecule has 0 atom stereocenters. The van der Waals surface area contributed by atoms with Crippen molar-refractivity contribution in [1.29, 1.82) is 0 Å². The summed E-state index contributed by atoms with van der Waals surface area (Å²) in [5.41, 5.74) is 5.38. The van der Waals surface area contributed by atoms with Crippen LogP contribution in [0.4, 0.5) is 0 Å². The zero-order valence-electron chi connectivity index (χ0n) is 14.8. The van der Waals surface area contributed by atoms with Crippen LogP contribution in [0.5, 0.6) is 0 Å². The Balaban J connectivity index is 1.64. The van der Waals surface area contributed by atoms with E-state index >= 15 is 0 Å². The van der Waals surface area contributed by atoms with Crippen LogP contribution in [0.2, 0.25) is 0 Å².